The molecule has 1 rings (SSSR count). The van der Waals surface area contributed by atoms with Crippen LogP contribution in [0.4, 0.5) is 13.2 Å². The quantitative estimate of drug-likeness (QED) is 0.854. The van der Waals surface area contributed by atoms with E-state index in [2.05, 4.69) is 11.3 Å². The third-order valence-electron chi connectivity index (χ3n) is 1.76. The van der Waals surface area contributed by atoms with E-state index in [9.17, 15) is 18.0 Å². The van der Waals surface area contributed by atoms with Crippen LogP contribution in [0.15, 0.2) is 24.8 Å². The predicted octanol–water partition coefficient (Wildman–Crippen LogP) is 3.34. The average Bonchev–Trinajstić information content (AvgIpc) is 2.18. The van der Waals surface area contributed by atoms with Gasteiger partial charge in [-0.25, -0.2) is 4.79 Å². The molecule has 0 unspecified atom stereocenters. The summed E-state index contributed by atoms with van der Waals surface area (Å²) in [6.45, 7) is 3.25. The summed E-state index contributed by atoms with van der Waals surface area (Å²) >= 11 is 5.53. The van der Waals surface area contributed by atoms with E-state index < -0.39 is 18.1 Å². The van der Waals surface area contributed by atoms with Gasteiger partial charge in [0.05, 0.1) is 10.6 Å². The van der Waals surface area contributed by atoms with Gasteiger partial charge in [0.1, 0.15) is 5.75 Å². The summed E-state index contributed by atoms with van der Waals surface area (Å²) < 4.78 is 39.4. The Morgan fingerprint density at radius 2 is 2.00 bits per heavy atom. The molecule has 0 heterocycles. The molecule has 17 heavy (non-hydrogen) atoms. The second-order valence-corrected chi connectivity index (χ2v) is 3.38. The molecule has 1 aromatic carbocycles. The van der Waals surface area contributed by atoms with E-state index in [0.29, 0.717) is 0 Å². The molecule has 1 aromatic rings. The summed E-state index contributed by atoms with van der Waals surface area (Å²) in [5, 5.41) is 8.28. The van der Waals surface area contributed by atoms with Gasteiger partial charge in [-0.3, -0.25) is 0 Å². The van der Waals surface area contributed by atoms with Crippen LogP contribution < -0.4 is 4.74 Å². The van der Waals surface area contributed by atoms with Gasteiger partial charge in [-0.2, -0.15) is 0 Å². The minimum atomic E-state index is -4.85. The molecule has 0 spiro atoms. The van der Waals surface area contributed by atoms with Crippen LogP contribution in [0.3, 0.4) is 0 Å². The number of rotatable bonds is 3. The zero-order valence-electron chi connectivity index (χ0n) is 8.21. The Balaban J connectivity index is 3.02. The molecule has 3 nitrogen and oxygen atoms in total. The molecule has 0 saturated carbocycles. The number of aliphatic carboxylic acids is 1. The van der Waals surface area contributed by atoms with Gasteiger partial charge in [0.15, 0.2) is 0 Å². The fourth-order valence-corrected chi connectivity index (χ4v) is 1.24. The van der Waals surface area contributed by atoms with Gasteiger partial charge in [-0.05, 0) is 17.7 Å². The molecule has 0 atom stereocenters. The molecule has 0 aliphatic carbocycles. The molecule has 1 N–H and O–H groups in total. The van der Waals surface area contributed by atoms with Crippen LogP contribution in [0, 0.1) is 0 Å². The van der Waals surface area contributed by atoms with Crippen LogP contribution in [-0.4, -0.2) is 17.4 Å². The number of carboxylic acid groups (broad SMARTS) is 1. The van der Waals surface area contributed by atoms with E-state index >= 15 is 0 Å². The van der Waals surface area contributed by atoms with Crippen molar-refractivity contribution in [2.24, 2.45) is 0 Å². The van der Waals surface area contributed by atoms with E-state index in [1.54, 1.807) is 0 Å². The van der Waals surface area contributed by atoms with E-state index in [1.165, 1.54) is 0 Å². The SMILES string of the molecule is C=C(C(=O)O)c1ccc(OC(F)(F)F)c(Cl)c1. The number of carbonyl (C=O) groups is 1. The van der Waals surface area contributed by atoms with Gasteiger partial charge in [0, 0.05) is 0 Å². The Bertz CT molecular complexity index is 468. The Hall–Kier alpha value is -1.69. The maximum absolute atomic E-state index is 11.9. The maximum Gasteiger partial charge on any atom is 0.573 e. The lowest BCUT2D eigenvalue weighted by Crippen LogP contribution is -2.17. The lowest BCUT2D eigenvalue weighted by Gasteiger charge is -2.11. The van der Waals surface area contributed by atoms with Gasteiger partial charge < -0.3 is 9.84 Å². The summed E-state index contributed by atoms with van der Waals surface area (Å²) in [6.07, 6.45) is -4.85. The third-order valence-corrected chi connectivity index (χ3v) is 2.06. The zero-order chi connectivity index (χ0) is 13.2. The van der Waals surface area contributed by atoms with Crippen molar-refractivity contribution in [1.82, 2.24) is 0 Å². The van der Waals surface area contributed by atoms with Crippen LogP contribution in [-0.2, 0) is 4.79 Å². The topological polar surface area (TPSA) is 46.5 Å². The van der Waals surface area contributed by atoms with Crippen molar-refractivity contribution in [3.8, 4) is 5.75 Å². The molecule has 92 valence electrons. The van der Waals surface area contributed by atoms with Gasteiger partial charge in [0.25, 0.3) is 0 Å². The Morgan fingerprint density at radius 1 is 1.41 bits per heavy atom. The van der Waals surface area contributed by atoms with E-state index in [1.807, 2.05) is 0 Å². The van der Waals surface area contributed by atoms with Gasteiger partial charge in [0.2, 0.25) is 0 Å². The van der Waals surface area contributed by atoms with Crippen LogP contribution in [0.5, 0.6) is 5.75 Å². The minimum absolute atomic E-state index is 0.108. The smallest absolute Gasteiger partial charge is 0.478 e. The second-order valence-electron chi connectivity index (χ2n) is 2.98. The number of hydrogen-bond donors (Lipinski definition) is 1. The normalized spacial score (nSPS) is 11.1. The lowest BCUT2D eigenvalue weighted by atomic mass is 10.1. The highest BCUT2D eigenvalue weighted by atomic mass is 35.5. The third kappa shape index (κ3) is 3.67. The number of alkyl halides is 3. The molecule has 0 aliphatic rings. The van der Waals surface area contributed by atoms with Gasteiger partial charge >= 0.3 is 12.3 Å². The first kappa shape index (κ1) is 13.4. The number of halogens is 4. The van der Waals surface area contributed by atoms with Crippen molar-refractivity contribution in [1.29, 1.82) is 0 Å². The Kier molecular flexibility index (Phi) is 3.67. The van der Waals surface area contributed by atoms with Crippen LogP contribution in [0.25, 0.3) is 5.57 Å². The van der Waals surface area contributed by atoms with Crippen molar-refractivity contribution < 1.29 is 27.8 Å². The molecule has 0 saturated heterocycles. The van der Waals surface area contributed by atoms with Crippen molar-refractivity contribution in [3.05, 3.63) is 35.4 Å². The molecule has 0 bridgehead atoms. The number of benzene rings is 1. The summed E-state index contributed by atoms with van der Waals surface area (Å²) in [6, 6.07) is 3.10. The van der Waals surface area contributed by atoms with Crippen molar-refractivity contribution in [2.75, 3.05) is 0 Å². The van der Waals surface area contributed by atoms with E-state index in [4.69, 9.17) is 16.7 Å². The standard InChI is InChI=1S/C10H6ClF3O3/c1-5(9(15)16)6-2-3-8(7(11)4-6)17-10(12,13)14/h2-4H,1H2,(H,15,16). The van der Waals surface area contributed by atoms with Crippen LogP contribution >= 0.6 is 11.6 Å². The first-order valence-corrected chi connectivity index (χ1v) is 4.56. The molecule has 0 aromatic heterocycles. The van der Waals surface area contributed by atoms with Gasteiger partial charge in [-0.1, -0.05) is 24.2 Å². The number of carboxylic acids is 1. The molecule has 0 amide bonds. The monoisotopic (exact) mass is 266 g/mol. The molecular formula is C10H6ClF3O3. The molecular weight excluding hydrogens is 261 g/mol. The summed E-state index contributed by atoms with van der Waals surface area (Å²) in [5.74, 6) is -1.88. The van der Waals surface area contributed by atoms with E-state index in [-0.39, 0.29) is 16.2 Å². The molecule has 0 fully saturated rings. The largest absolute Gasteiger partial charge is 0.573 e. The van der Waals surface area contributed by atoms with Crippen LogP contribution in [0.1, 0.15) is 5.56 Å². The lowest BCUT2D eigenvalue weighted by molar-refractivity contribution is -0.274. The summed E-state index contributed by atoms with van der Waals surface area (Å²) in [4.78, 5) is 10.6. The maximum atomic E-state index is 11.9. The minimum Gasteiger partial charge on any atom is -0.478 e. The summed E-state index contributed by atoms with van der Waals surface area (Å²) in [7, 11) is 0. The van der Waals surface area contributed by atoms with Crippen LogP contribution in [0.2, 0.25) is 5.02 Å². The van der Waals surface area contributed by atoms with Crippen molar-refractivity contribution >= 4 is 23.1 Å². The fraction of sp³-hybridized carbons (Fsp3) is 0.100. The Morgan fingerprint density at radius 3 is 2.41 bits per heavy atom. The van der Waals surface area contributed by atoms with Gasteiger partial charge in [-0.15, -0.1) is 13.2 Å². The second kappa shape index (κ2) is 4.67. The fourth-order valence-electron chi connectivity index (χ4n) is 1.02. The molecule has 0 aliphatic heterocycles. The molecule has 7 heteroatoms. The highest BCUT2D eigenvalue weighted by Gasteiger charge is 2.32. The number of hydrogen-bond acceptors (Lipinski definition) is 2. The zero-order valence-corrected chi connectivity index (χ0v) is 8.97. The predicted molar refractivity (Wildman–Crippen MR) is 54.8 cm³/mol. The number of ether oxygens (including phenoxy) is 1. The van der Waals surface area contributed by atoms with Crippen molar-refractivity contribution in [3.63, 3.8) is 0 Å². The molecule has 0 radical (unpaired) electrons. The van der Waals surface area contributed by atoms with E-state index in [0.717, 1.165) is 18.2 Å². The highest BCUT2D eigenvalue weighted by molar-refractivity contribution is 6.32. The Labute approximate surface area is 99.1 Å². The average molecular weight is 267 g/mol. The highest BCUT2D eigenvalue weighted by Crippen LogP contribution is 2.32. The first-order chi connectivity index (χ1) is 7.70. The van der Waals surface area contributed by atoms with Crippen molar-refractivity contribution in [2.45, 2.75) is 6.36 Å². The summed E-state index contributed by atoms with van der Waals surface area (Å²) in [5.41, 5.74) is -0.164. The first-order valence-electron chi connectivity index (χ1n) is 4.18.